The lowest BCUT2D eigenvalue weighted by atomic mass is 9.93. The summed E-state index contributed by atoms with van der Waals surface area (Å²) in [4.78, 5) is 6.85. The number of nitrogens with zero attached hydrogens (tertiary/aromatic N) is 3. The van der Waals surface area contributed by atoms with Crippen molar-refractivity contribution in [2.24, 2.45) is 0 Å². The number of hydrogen-bond donors (Lipinski definition) is 1. The Bertz CT molecular complexity index is 1470. The number of pyridine rings is 1. The molecule has 0 amide bonds. The van der Waals surface area contributed by atoms with E-state index >= 15 is 0 Å². The summed E-state index contributed by atoms with van der Waals surface area (Å²) >= 11 is 12.3. The van der Waals surface area contributed by atoms with E-state index in [9.17, 15) is 0 Å². The van der Waals surface area contributed by atoms with Gasteiger partial charge in [-0.1, -0.05) is 23.7 Å². The van der Waals surface area contributed by atoms with E-state index in [4.69, 9.17) is 38.3 Å². The predicted molar refractivity (Wildman–Crippen MR) is 152 cm³/mol. The molecule has 1 aliphatic heterocycles. The minimum Gasteiger partial charge on any atom is -0.497 e. The van der Waals surface area contributed by atoms with E-state index in [1.807, 2.05) is 60.8 Å². The monoisotopic (exact) mass is 532 g/mol. The summed E-state index contributed by atoms with van der Waals surface area (Å²) in [5.74, 6) is 1.39. The van der Waals surface area contributed by atoms with Gasteiger partial charge >= 0.3 is 0 Å². The van der Waals surface area contributed by atoms with Crippen LogP contribution in [0.2, 0.25) is 5.02 Å². The van der Waals surface area contributed by atoms with Gasteiger partial charge in [0.2, 0.25) is 0 Å². The first-order valence-corrected chi connectivity index (χ1v) is 12.8. The molecule has 2 atom stereocenters. The third-order valence-electron chi connectivity index (χ3n) is 7.11. The lowest BCUT2D eigenvalue weighted by Gasteiger charge is -2.30. The van der Waals surface area contributed by atoms with Crippen LogP contribution in [-0.2, 0) is 0 Å². The Hall–Kier alpha value is -3.55. The molecule has 0 saturated carbocycles. The van der Waals surface area contributed by atoms with E-state index in [1.54, 1.807) is 14.2 Å². The minimum atomic E-state index is -0.177. The molecular formula is C29H29ClN4O2S. The van der Waals surface area contributed by atoms with Crippen molar-refractivity contribution in [3.63, 3.8) is 0 Å². The van der Waals surface area contributed by atoms with Gasteiger partial charge in [-0.15, -0.1) is 0 Å². The molecule has 1 fully saturated rings. The minimum absolute atomic E-state index is 0.174. The average Bonchev–Trinajstić information content (AvgIpc) is 3.35. The SMILES string of the molecule is COc1ccc(N2C(=S)NC(c3ccccn3)C2c2c(C)c(C)n(-c3cccc(Cl)c3)c2C)c(OC)c1. The number of thiocarbonyl (C=S) groups is 1. The molecule has 0 bridgehead atoms. The second kappa shape index (κ2) is 10.1. The van der Waals surface area contributed by atoms with Crippen molar-refractivity contribution >= 4 is 34.6 Å². The molecule has 0 spiro atoms. The van der Waals surface area contributed by atoms with Gasteiger partial charge < -0.3 is 24.3 Å². The van der Waals surface area contributed by atoms with Crippen molar-refractivity contribution in [2.45, 2.75) is 32.9 Å². The number of hydrogen-bond acceptors (Lipinski definition) is 4. The lowest BCUT2D eigenvalue weighted by Crippen LogP contribution is -2.30. The first kappa shape index (κ1) is 25.1. The van der Waals surface area contributed by atoms with Gasteiger partial charge in [-0.3, -0.25) is 4.98 Å². The van der Waals surface area contributed by atoms with Crippen LogP contribution < -0.4 is 19.7 Å². The zero-order chi connectivity index (χ0) is 26.3. The highest BCUT2D eigenvalue weighted by molar-refractivity contribution is 7.80. The molecule has 1 N–H and O–H groups in total. The normalized spacial score (nSPS) is 17.1. The van der Waals surface area contributed by atoms with Gasteiger partial charge in [0.25, 0.3) is 0 Å². The number of nitrogens with one attached hydrogen (secondary N) is 1. The van der Waals surface area contributed by atoms with Gasteiger partial charge in [0.15, 0.2) is 5.11 Å². The van der Waals surface area contributed by atoms with Crippen LogP contribution in [0.15, 0.2) is 66.9 Å². The summed E-state index contributed by atoms with van der Waals surface area (Å²) in [6.45, 7) is 6.46. The van der Waals surface area contributed by atoms with Crippen LogP contribution >= 0.6 is 23.8 Å². The van der Waals surface area contributed by atoms with Crippen LogP contribution in [0.3, 0.4) is 0 Å². The molecule has 1 saturated heterocycles. The Labute approximate surface area is 227 Å². The maximum atomic E-state index is 6.38. The summed E-state index contributed by atoms with van der Waals surface area (Å²) in [7, 11) is 3.30. The molecule has 190 valence electrons. The maximum Gasteiger partial charge on any atom is 0.174 e. The molecular weight excluding hydrogens is 504 g/mol. The summed E-state index contributed by atoms with van der Waals surface area (Å²) < 4.78 is 13.5. The van der Waals surface area contributed by atoms with E-state index in [1.165, 1.54) is 11.1 Å². The molecule has 2 unspecified atom stereocenters. The van der Waals surface area contributed by atoms with Crippen LogP contribution in [-0.4, -0.2) is 28.9 Å². The number of benzene rings is 2. The van der Waals surface area contributed by atoms with Crippen molar-refractivity contribution < 1.29 is 9.47 Å². The Morgan fingerprint density at radius 1 is 0.946 bits per heavy atom. The third kappa shape index (κ3) is 4.32. The third-order valence-corrected chi connectivity index (χ3v) is 7.66. The second-order valence-electron chi connectivity index (χ2n) is 9.06. The summed E-state index contributed by atoms with van der Waals surface area (Å²) in [5, 5.41) is 4.86. The fourth-order valence-electron chi connectivity index (χ4n) is 5.34. The number of ether oxygens (including phenoxy) is 2. The first-order chi connectivity index (χ1) is 17.8. The van der Waals surface area contributed by atoms with E-state index in [2.05, 4.69) is 41.6 Å². The van der Waals surface area contributed by atoms with Gasteiger partial charge in [-0.05, 0) is 81.0 Å². The quantitative estimate of drug-likeness (QED) is 0.281. The van der Waals surface area contributed by atoms with Crippen molar-refractivity contribution in [2.75, 3.05) is 19.1 Å². The summed E-state index contributed by atoms with van der Waals surface area (Å²) in [6.07, 6.45) is 1.82. The Kier molecular flexibility index (Phi) is 6.84. The van der Waals surface area contributed by atoms with Gasteiger partial charge in [-0.2, -0.15) is 0 Å². The average molecular weight is 533 g/mol. The Morgan fingerprint density at radius 3 is 2.43 bits per heavy atom. The number of aromatic nitrogens is 2. The van der Waals surface area contributed by atoms with Gasteiger partial charge in [-0.25, -0.2) is 0 Å². The summed E-state index contributed by atoms with van der Waals surface area (Å²) in [5.41, 5.74) is 7.42. The van der Waals surface area contributed by atoms with E-state index < -0.39 is 0 Å². The standard InChI is InChI=1S/C29H29ClN4O2S/c1-17-18(2)33(21-10-8-9-20(30)15-21)19(3)26(17)28-27(23-11-6-7-14-31-23)32-29(37)34(28)24-13-12-22(35-4)16-25(24)36-5/h6-16,27-28H,1-5H3,(H,32,37). The molecule has 37 heavy (non-hydrogen) atoms. The summed E-state index contributed by atoms with van der Waals surface area (Å²) in [6, 6.07) is 19.3. The zero-order valence-electron chi connectivity index (χ0n) is 21.4. The highest BCUT2D eigenvalue weighted by Crippen LogP contribution is 2.48. The number of anilines is 1. The highest BCUT2D eigenvalue weighted by atomic mass is 35.5. The zero-order valence-corrected chi connectivity index (χ0v) is 23.0. The van der Waals surface area contributed by atoms with Crippen LogP contribution in [0.5, 0.6) is 11.5 Å². The second-order valence-corrected chi connectivity index (χ2v) is 9.88. The molecule has 2 aromatic carbocycles. The molecule has 0 aliphatic carbocycles. The van der Waals surface area contributed by atoms with Crippen LogP contribution in [0.1, 0.15) is 40.3 Å². The Balaban J connectivity index is 1.75. The molecule has 4 aromatic rings. The van der Waals surface area contributed by atoms with Crippen molar-refractivity contribution in [1.82, 2.24) is 14.9 Å². The topological polar surface area (TPSA) is 51.5 Å². The van der Waals surface area contributed by atoms with Crippen molar-refractivity contribution in [1.29, 1.82) is 0 Å². The van der Waals surface area contributed by atoms with Gasteiger partial charge in [0.1, 0.15) is 11.5 Å². The van der Waals surface area contributed by atoms with E-state index in [0.717, 1.165) is 28.5 Å². The fourth-order valence-corrected chi connectivity index (χ4v) is 5.86. The maximum absolute atomic E-state index is 6.38. The Morgan fingerprint density at radius 2 is 1.76 bits per heavy atom. The van der Waals surface area contributed by atoms with Gasteiger partial charge in [0.05, 0.1) is 37.7 Å². The van der Waals surface area contributed by atoms with E-state index in [-0.39, 0.29) is 12.1 Å². The molecule has 2 aromatic heterocycles. The highest BCUT2D eigenvalue weighted by Gasteiger charge is 2.44. The number of rotatable bonds is 6. The van der Waals surface area contributed by atoms with Crippen molar-refractivity contribution in [3.05, 3.63) is 100 Å². The van der Waals surface area contributed by atoms with Crippen LogP contribution in [0.25, 0.3) is 5.69 Å². The molecule has 1 aliphatic rings. The van der Waals surface area contributed by atoms with E-state index in [0.29, 0.717) is 21.6 Å². The number of halogens is 1. The molecule has 8 heteroatoms. The molecule has 6 nitrogen and oxygen atoms in total. The molecule has 5 rings (SSSR count). The lowest BCUT2D eigenvalue weighted by molar-refractivity contribution is 0.394. The largest absolute Gasteiger partial charge is 0.497 e. The first-order valence-electron chi connectivity index (χ1n) is 12.0. The van der Waals surface area contributed by atoms with Crippen LogP contribution in [0, 0.1) is 20.8 Å². The number of methoxy groups -OCH3 is 2. The molecule has 0 radical (unpaired) electrons. The smallest absolute Gasteiger partial charge is 0.174 e. The fraction of sp³-hybridized carbons (Fsp3) is 0.241. The predicted octanol–water partition coefficient (Wildman–Crippen LogP) is 6.65. The van der Waals surface area contributed by atoms with Crippen LogP contribution in [0.4, 0.5) is 5.69 Å². The van der Waals surface area contributed by atoms with Gasteiger partial charge in [0, 0.05) is 39.9 Å². The molecule has 3 heterocycles. The van der Waals surface area contributed by atoms with Crippen molar-refractivity contribution in [3.8, 4) is 17.2 Å².